The smallest absolute Gasteiger partial charge is 0.268 e. The van der Waals surface area contributed by atoms with Gasteiger partial charge in [-0.05, 0) is 55.0 Å². The van der Waals surface area contributed by atoms with E-state index in [1.165, 1.54) is 22.3 Å². The van der Waals surface area contributed by atoms with Gasteiger partial charge >= 0.3 is 0 Å². The summed E-state index contributed by atoms with van der Waals surface area (Å²) >= 11 is 7.69. The summed E-state index contributed by atoms with van der Waals surface area (Å²) in [7, 11) is -1.62. The van der Waals surface area contributed by atoms with Crippen LogP contribution in [0.3, 0.4) is 0 Å². The summed E-state index contributed by atoms with van der Waals surface area (Å²) in [5, 5.41) is 15.0. The lowest BCUT2D eigenvalue weighted by Gasteiger charge is -2.19. The zero-order valence-electron chi connectivity index (χ0n) is 22.7. The van der Waals surface area contributed by atoms with Crippen molar-refractivity contribution in [2.24, 2.45) is 0 Å². The SMILES string of the molecule is C[C@H](O)CNC(=O)c1ccc(Cl)c(N(C)C(=O)c2cc3c(s2)-c2ccc(C(=O)NCCS(C)(=O)=O)cc2OCC3)c1. The highest BCUT2D eigenvalue weighted by molar-refractivity contribution is 7.90. The molecule has 0 radical (unpaired) electrons. The third kappa shape index (κ3) is 7.45. The van der Waals surface area contributed by atoms with Crippen LogP contribution in [0.4, 0.5) is 5.69 Å². The number of hydrogen-bond donors (Lipinski definition) is 3. The minimum Gasteiger partial charge on any atom is -0.493 e. The van der Waals surface area contributed by atoms with Gasteiger partial charge in [0.25, 0.3) is 17.7 Å². The molecular weight excluding hydrogens is 590 g/mol. The summed E-state index contributed by atoms with van der Waals surface area (Å²) in [6.07, 6.45) is 0.957. The van der Waals surface area contributed by atoms with Gasteiger partial charge in [-0.25, -0.2) is 8.42 Å². The largest absolute Gasteiger partial charge is 0.493 e. The van der Waals surface area contributed by atoms with Gasteiger partial charge in [0.05, 0.1) is 34.1 Å². The van der Waals surface area contributed by atoms with Gasteiger partial charge in [0.1, 0.15) is 15.6 Å². The molecule has 13 heteroatoms. The van der Waals surface area contributed by atoms with Crippen molar-refractivity contribution in [1.29, 1.82) is 0 Å². The lowest BCUT2D eigenvalue weighted by Crippen LogP contribution is -2.31. The number of aliphatic hydroxyl groups excluding tert-OH is 1. The Morgan fingerprint density at radius 2 is 1.78 bits per heavy atom. The van der Waals surface area contributed by atoms with E-state index in [1.807, 2.05) is 6.07 Å². The summed E-state index contributed by atoms with van der Waals surface area (Å²) < 4.78 is 28.6. The number of halogens is 1. The number of fused-ring (bicyclic) bond motifs is 3. The van der Waals surface area contributed by atoms with E-state index in [2.05, 4.69) is 10.6 Å². The average Bonchev–Trinajstić information content (AvgIpc) is 3.26. The number of nitrogens with zero attached hydrogens (tertiary/aromatic N) is 1. The van der Waals surface area contributed by atoms with E-state index >= 15 is 0 Å². The highest BCUT2D eigenvalue weighted by atomic mass is 35.5. The molecule has 4 rings (SSSR count). The van der Waals surface area contributed by atoms with Crippen LogP contribution in [-0.2, 0) is 16.3 Å². The molecule has 0 fully saturated rings. The molecule has 0 aliphatic carbocycles. The van der Waals surface area contributed by atoms with Crippen LogP contribution in [0.2, 0.25) is 5.02 Å². The molecular formula is C28H30ClN3O7S2. The minimum atomic E-state index is -3.20. The molecule has 1 atom stereocenters. The number of sulfone groups is 1. The van der Waals surface area contributed by atoms with Crippen LogP contribution in [0.25, 0.3) is 10.4 Å². The zero-order valence-corrected chi connectivity index (χ0v) is 25.1. The number of ether oxygens (including phenoxy) is 1. The zero-order chi connectivity index (χ0) is 29.9. The molecule has 1 aliphatic rings. The maximum absolute atomic E-state index is 13.5. The molecule has 0 saturated heterocycles. The second kappa shape index (κ2) is 12.6. The molecule has 2 aromatic carbocycles. The van der Waals surface area contributed by atoms with Crippen LogP contribution in [0, 0.1) is 0 Å². The number of carbonyl (C=O) groups excluding carboxylic acids is 3. The van der Waals surface area contributed by atoms with E-state index in [9.17, 15) is 27.9 Å². The molecule has 3 amide bonds. The Kier molecular flexibility index (Phi) is 9.37. The molecule has 1 aromatic heterocycles. The Morgan fingerprint density at radius 1 is 1.10 bits per heavy atom. The molecule has 3 aromatic rings. The topological polar surface area (TPSA) is 142 Å². The van der Waals surface area contributed by atoms with Gasteiger partial charge in [-0.15, -0.1) is 11.3 Å². The summed E-state index contributed by atoms with van der Waals surface area (Å²) in [5.74, 6) is -0.779. The number of thiophene rings is 1. The van der Waals surface area contributed by atoms with Crippen molar-refractivity contribution in [3.05, 3.63) is 69.1 Å². The van der Waals surface area contributed by atoms with Crippen molar-refractivity contribution in [2.75, 3.05) is 43.7 Å². The van der Waals surface area contributed by atoms with E-state index in [4.69, 9.17) is 16.3 Å². The predicted molar refractivity (Wildman–Crippen MR) is 159 cm³/mol. The average molecular weight is 620 g/mol. The maximum Gasteiger partial charge on any atom is 0.268 e. The Bertz CT molecular complexity index is 1600. The number of benzene rings is 2. The van der Waals surface area contributed by atoms with Crippen LogP contribution >= 0.6 is 22.9 Å². The fourth-order valence-corrected chi connectivity index (χ4v) is 6.10. The third-order valence-corrected chi connectivity index (χ3v) is 8.79. The fraction of sp³-hybridized carbons (Fsp3) is 0.321. The molecule has 0 unspecified atom stereocenters. The van der Waals surface area contributed by atoms with Crippen LogP contribution in [0.1, 0.15) is 42.9 Å². The van der Waals surface area contributed by atoms with Crippen LogP contribution in [0.15, 0.2) is 42.5 Å². The molecule has 0 bridgehead atoms. The second-order valence-corrected chi connectivity index (χ2v) is 13.5. The first-order valence-corrected chi connectivity index (χ1v) is 16.0. The number of hydrogen-bond acceptors (Lipinski definition) is 8. The van der Waals surface area contributed by atoms with Gasteiger partial charge in [-0.3, -0.25) is 14.4 Å². The second-order valence-electron chi connectivity index (χ2n) is 9.75. The maximum atomic E-state index is 13.5. The van der Waals surface area contributed by atoms with E-state index < -0.39 is 27.8 Å². The Balaban J connectivity index is 1.56. The van der Waals surface area contributed by atoms with E-state index in [1.54, 1.807) is 44.3 Å². The minimum absolute atomic E-state index is 0.00311. The number of amides is 3. The fourth-order valence-electron chi connectivity index (χ4n) is 4.17. The Hall–Kier alpha value is -3.45. The molecule has 0 spiro atoms. The molecule has 1 aliphatic heterocycles. The summed E-state index contributed by atoms with van der Waals surface area (Å²) in [6, 6.07) is 11.4. The molecule has 0 saturated carbocycles. The lowest BCUT2D eigenvalue weighted by molar-refractivity contribution is 0.0921. The van der Waals surface area contributed by atoms with Crippen molar-refractivity contribution in [1.82, 2.24) is 10.6 Å². The van der Waals surface area contributed by atoms with Crippen molar-refractivity contribution >= 4 is 56.2 Å². The summed E-state index contributed by atoms with van der Waals surface area (Å²) in [4.78, 5) is 41.3. The summed E-state index contributed by atoms with van der Waals surface area (Å²) in [6.45, 7) is 2.00. The van der Waals surface area contributed by atoms with Crippen molar-refractivity contribution < 1.29 is 32.6 Å². The normalized spacial score (nSPS) is 13.2. The van der Waals surface area contributed by atoms with Crippen molar-refractivity contribution in [3.8, 4) is 16.2 Å². The predicted octanol–water partition coefficient (Wildman–Crippen LogP) is 3.17. The molecule has 41 heavy (non-hydrogen) atoms. The number of aliphatic hydroxyl groups is 1. The standard InChI is InChI=1S/C28H30ClN3O7S2/c1-16(33)15-31-27(35)18-5-7-21(29)22(12-18)32(2)28(36)24-14-17-8-10-39-23-13-19(4-6-20(23)25(17)40-24)26(34)30-9-11-41(3,37)38/h4-7,12-14,16,33H,8-11,15H2,1-3H3,(H,30,34)(H,31,35)/t16-/m0/s1. The highest BCUT2D eigenvalue weighted by Gasteiger charge is 2.25. The lowest BCUT2D eigenvalue weighted by atomic mass is 10.0. The molecule has 3 N–H and O–H groups in total. The number of carbonyl (C=O) groups is 3. The van der Waals surface area contributed by atoms with Gasteiger partial charge in [0.2, 0.25) is 0 Å². The Labute approximate surface area is 247 Å². The number of nitrogens with one attached hydrogen (secondary N) is 2. The van der Waals surface area contributed by atoms with Gasteiger partial charge in [-0.1, -0.05) is 11.6 Å². The first-order chi connectivity index (χ1) is 19.3. The Morgan fingerprint density at radius 3 is 2.49 bits per heavy atom. The van der Waals surface area contributed by atoms with Gasteiger partial charge in [0, 0.05) is 54.4 Å². The third-order valence-electron chi connectivity index (χ3n) is 6.33. The monoisotopic (exact) mass is 619 g/mol. The molecule has 2 heterocycles. The van der Waals surface area contributed by atoms with Crippen LogP contribution < -0.4 is 20.3 Å². The summed E-state index contributed by atoms with van der Waals surface area (Å²) in [5.41, 5.74) is 2.66. The van der Waals surface area contributed by atoms with Gasteiger partial charge in [0.15, 0.2) is 0 Å². The van der Waals surface area contributed by atoms with Crippen LogP contribution in [-0.4, -0.2) is 76.1 Å². The van der Waals surface area contributed by atoms with Crippen molar-refractivity contribution in [3.63, 3.8) is 0 Å². The van der Waals surface area contributed by atoms with Gasteiger partial charge < -0.3 is 25.4 Å². The first kappa shape index (κ1) is 30.5. The van der Waals surface area contributed by atoms with E-state index in [-0.39, 0.29) is 24.7 Å². The first-order valence-electron chi connectivity index (χ1n) is 12.7. The van der Waals surface area contributed by atoms with Crippen LogP contribution in [0.5, 0.6) is 5.75 Å². The molecule has 218 valence electrons. The molecule has 10 nitrogen and oxygen atoms in total. The van der Waals surface area contributed by atoms with Crippen molar-refractivity contribution in [2.45, 2.75) is 19.4 Å². The number of anilines is 1. The highest BCUT2D eigenvalue weighted by Crippen LogP contribution is 2.42. The quantitative estimate of drug-likeness (QED) is 0.334. The van der Waals surface area contributed by atoms with E-state index in [0.29, 0.717) is 45.5 Å². The van der Waals surface area contributed by atoms with Gasteiger partial charge in [-0.2, -0.15) is 0 Å². The van der Waals surface area contributed by atoms with E-state index in [0.717, 1.165) is 22.3 Å². The number of rotatable bonds is 9.